The van der Waals surface area contributed by atoms with Gasteiger partial charge in [0.05, 0.1) is 0 Å². The third kappa shape index (κ3) is 6.34. The molecule has 1 aliphatic rings. The number of benzene rings is 2. The van der Waals surface area contributed by atoms with Crippen LogP contribution in [0.2, 0.25) is 0 Å². The van der Waals surface area contributed by atoms with E-state index in [2.05, 4.69) is 4.98 Å². The molecule has 1 amide bonds. The molecule has 0 radical (unpaired) electrons. The van der Waals surface area contributed by atoms with Gasteiger partial charge in [-0.1, -0.05) is 36.4 Å². The fraction of sp³-hybridized carbons (Fsp3) is 0.158. The number of nitrogens with one attached hydrogen (secondary N) is 1. The van der Waals surface area contributed by atoms with Gasteiger partial charge in [-0.25, -0.2) is 19.2 Å². The second-order valence-electron chi connectivity index (χ2n) is 5.33. The first-order valence-electron chi connectivity index (χ1n) is 7.84. The Morgan fingerprint density at radius 2 is 1.62 bits per heavy atom. The Labute approximate surface area is 154 Å². The average Bonchev–Trinajstić information content (AvgIpc) is 3.22. The van der Waals surface area contributed by atoms with E-state index in [4.69, 9.17) is 10.0 Å². The number of hydrogen-bond acceptors (Lipinski definition) is 4. The van der Waals surface area contributed by atoms with E-state index in [-0.39, 0.29) is 18.1 Å². The summed E-state index contributed by atoms with van der Waals surface area (Å²) in [5.41, 5.74) is 2.13. The van der Waals surface area contributed by atoms with E-state index >= 15 is 0 Å². The average molecular weight is 376 g/mol. The van der Waals surface area contributed by atoms with Crippen LogP contribution in [0, 0.1) is 5.82 Å². The summed E-state index contributed by atoms with van der Waals surface area (Å²) in [6, 6.07) is 18.2. The fourth-order valence-electron chi connectivity index (χ4n) is 2.03. The van der Waals surface area contributed by atoms with E-state index in [1.807, 2.05) is 36.4 Å². The van der Waals surface area contributed by atoms with Crippen LogP contribution in [0.5, 0.6) is 0 Å². The lowest BCUT2D eigenvalue weighted by Crippen LogP contribution is -1.99. The Bertz CT molecular complexity index is 755. The Balaban J connectivity index is 0.000000201. The SMILES string of the molecule is Fc1ccc(-c2ncc(C3CC3F)s2)cc1.O=CNO.c1ccccc1. The highest BCUT2D eigenvalue weighted by atomic mass is 32.1. The molecule has 7 heteroatoms. The molecule has 1 aromatic heterocycles. The van der Waals surface area contributed by atoms with Crippen LogP contribution in [0.15, 0.2) is 66.9 Å². The maximum absolute atomic E-state index is 12.9. The molecule has 26 heavy (non-hydrogen) atoms. The van der Waals surface area contributed by atoms with Crippen molar-refractivity contribution in [2.24, 2.45) is 0 Å². The number of thiazole rings is 1. The third-order valence-electron chi connectivity index (χ3n) is 3.41. The van der Waals surface area contributed by atoms with Gasteiger partial charge in [0.15, 0.2) is 0 Å². The van der Waals surface area contributed by atoms with Gasteiger partial charge in [-0.05, 0) is 30.7 Å². The molecule has 2 atom stereocenters. The molecular weight excluding hydrogens is 358 g/mol. The Hall–Kier alpha value is -2.64. The molecule has 1 heterocycles. The van der Waals surface area contributed by atoms with Crippen molar-refractivity contribution in [3.8, 4) is 10.6 Å². The molecule has 0 aliphatic heterocycles. The van der Waals surface area contributed by atoms with Crippen molar-refractivity contribution in [1.29, 1.82) is 0 Å². The molecule has 2 N–H and O–H groups in total. The first kappa shape index (κ1) is 19.7. The topological polar surface area (TPSA) is 62.2 Å². The van der Waals surface area contributed by atoms with E-state index in [1.54, 1.807) is 18.3 Å². The number of hydroxylamine groups is 1. The van der Waals surface area contributed by atoms with Crippen molar-refractivity contribution in [3.05, 3.63) is 77.6 Å². The second-order valence-corrected chi connectivity index (χ2v) is 6.40. The van der Waals surface area contributed by atoms with E-state index in [0.29, 0.717) is 6.42 Å². The molecule has 1 fully saturated rings. The lowest BCUT2D eigenvalue weighted by Gasteiger charge is -1.94. The van der Waals surface area contributed by atoms with Crippen molar-refractivity contribution >= 4 is 17.7 Å². The predicted molar refractivity (Wildman–Crippen MR) is 97.2 cm³/mol. The Morgan fingerprint density at radius 1 is 1.12 bits per heavy atom. The molecule has 1 saturated carbocycles. The van der Waals surface area contributed by atoms with Crippen molar-refractivity contribution in [2.45, 2.75) is 18.5 Å². The van der Waals surface area contributed by atoms with Gasteiger partial charge in [0.25, 0.3) is 0 Å². The monoisotopic (exact) mass is 376 g/mol. The quantitative estimate of drug-likeness (QED) is 0.399. The molecule has 2 unspecified atom stereocenters. The van der Waals surface area contributed by atoms with E-state index in [0.717, 1.165) is 15.4 Å². The van der Waals surface area contributed by atoms with Crippen LogP contribution in [0.25, 0.3) is 10.6 Å². The minimum absolute atomic E-state index is 0.0479. The summed E-state index contributed by atoms with van der Waals surface area (Å²) >= 11 is 1.49. The van der Waals surface area contributed by atoms with Crippen LogP contribution in [0.4, 0.5) is 8.78 Å². The summed E-state index contributed by atoms with van der Waals surface area (Å²) in [5.74, 6) is -0.210. The highest BCUT2D eigenvalue weighted by molar-refractivity contribution is 7.15. The Morgan fingerprint density at radius 3 is 2.04 bits per heavy atom. The molecule has 4 nitrogen and oxygen atoms in total. The zero-order valence-corrected chi connectivity index (χ0v) is 14.6. The maximum atomic E-state index is 12.9. The molecule has 0 bridgehead atoms. The molecule has 0 saturated heterocycles. The van der Waals surface area contributed by atoms with Crippen molar-refractivity contribution in [3.63, 3.8) is 0 Å². The second kappa shape index (κ2) is 10.4. The minimum Gasteiger partial charge on any atom is -0.289 e. The van der Waals surface area contributed by atoms with Gasteiger partial charge < -0.3 is 0 Å². The number of aromatic nitrogens is 1. The number of hydrogen-bond donors (Lipinski definition) is 2. The summed E-state index contributed by atoms with van der Waals surface area (Å²) < 4.78 is 25.6. The number of alkyl halides is 1. The normalized spacial score (nSPS) is 17.0. The maximum Gasteiger partial charge on any atom is 0.230 e. The van der Waals surface area contributed by atoms with E-state index in [1.165, 1.54) is 28.9 Å². The van der Waals surface area contributed by atoms with E-state index in [9.17, 15) is 8.78 Å². The lowest BCUT2D eigenvalue weighted by molar-refractivity contribution is -0.116. The number of amides is 1. The zero-order chi connectivity index (χ0) is 18.8. The van der Waals surface area contributed by atoms with Crippen LogP contribution in [-0.4, -0.2) is 22.8 Å². The summed E-state index contributed by atoms with van der Waals surface area (Å²) in [5, 5.41) is 8.08. The molecular formula is C19H18F2N2O2S. The molecule has 4 rings (SSSR count). The minimum atomic E-state index is -0.693. The number of rotatable bonds is 3. The van der Waals surface area contributed by atoms with Crippen LogP contribution in [-0.2, 0) is 4.79 Å². The van der Waals surface area contributed by atoms with Gasteiger partial charge in [0.2, 0.25) is 6.41 Å². The first-order valence-corrected chi connectivity index (χ1v) is 8.66. The summed E-state index contributed by atoms with van der Waals surface area (Å²) in [4.78, 5) is 14.0. The highest BCUT2D eigenvalue weighted by Crippen LogP contribution is 2.46. The first-order chi connectivity index (χ1) is 12.7. The summed E-state index contributed by atoms with van der Waals surface area (Å²) in [6.45, 7) is 0. The van der Waals surface area contributed by atoms with Gasteiger partial charge in [0.1, 0.15) is 17.0 Å². The van der Waals surface area contributed by atoms with Crippen LogP contribution >= 0.6 is 11.3 Å². The third-order valence-corrected chi connectivity index (χ3v) is 4.59. The van der Waals surface area contributed by atoms with Crippen molar-refractivity contribution in [1.82, 2.24) is 10.5 Å². The molecule has 0 spiro atoms. The standard InChI is InChI=1S/C12H9F2NS.C6H6.CH3NO2/c13-8-3-1-7(2-4-8)12-15-6-11(16-12)9-5-10(9)14;1-2-4-6-5-3-1;3-1-2-4/h1-4,6,9-10H,5H2;1-6H;1,4H,(H,2,3). The number of carbonyl (C=O) groups is 1. The smallest absolute Gasteiger partial charge is 0.230 e. The van der Waals surface area contributed by atoms with Crippen molar-refractivity contribution < 1.29 is 18.8 Å². The van der Waals surface area contributed by atoms with Crippen LogP contribution < -0.4 is 5.48 Å². The van der Waals surface area contributed by atoms with E-state index < -0.39 is 6.17 Å². The lowest BCUT2D eigenvalue weighted by atomic mass is 10.2. The van der Waals surface area contributed by atoms with Gasteiger partial charge in [0, 0.05) is 22.6 Å². The predicted octanol–water partition coefficient (Wildman–Crippen LogP) is 4.58. The number of nitrogens with zero attached hydrogens (tertiary/aromatic N) is 1. The molecule has 3 aromatic rings. The van der Waals surface area contributed by atoms with Crippen molar-refractivity contribution in [2.75, 3.05) is 0 Å². The van der Waals surface area contributed by atoms with Gasteiger partial charge in [-0.15, -0.1) is 11.3 Å². The molecule has 136 valence electrons. The van der Waals surface area contributed by atoms with Crippen LogP contribution in [0.1, 0.15) is 17.2 Å². The Kier molecular flexibility index (Phi) is 7.85. The number of carbonyl (C=O) groups excluding carboxylic acids is 1. The zero-order valence-electron chi connectivity index (χ0n) is 13.8. The molecule has 2 aromatic carbocycles. The highest BCUT2D eigenvalue weighted by Gasteiger charge is 2.40. The fourth-order valence-corrected chi connectivity index (χ4v) is 3.11. The molecule has 1 aliphatic carbocycles. The largest absolute Gasteiger partial charge is 0.289 e. The number of halogens is 2. The van der Waals surface area contributed by atoms with Gasteiger partial charge in [-0.2, -0.15) is 0 Å². The summed E-state index contributed by atoms with van der Waals surface area (Å²) in [7, 11) is 0. The van der Waals surface area contributed by atoms with Gasteiger partial charge in [-0.3, -0.25) is 10.0 Å². The van der Waals surface area contributed by atoms with Crippen LogP contribution in [0.3, 0.4) is 0 Å². The summed E-state index contributed by atoms with van der Waals surface area (Å²) in [6.07, 6.45) is 1.83. The van der Waals surface area contributed by atoms with Gasteiger partial charge >= 0.3 is 0 Å².